The number of hydrogen-bond acceptors (Lipinski definition) is 4. The Morgan fingerprint density at radius 1 is 1.13 bits per heavy atom. The molecule has 1 atom stereocenters. The maximum Gasteiger partial charge on any atom is 0.254 e. The number of aromatic nitrogens is 1. The summed E-state index contributed by atoms with van der Waals surface area (Å²) in [6, 6.07) is 12.0. The Bertz CT molecular complexity index is 1090. The molecule has 0 fully saturated rings. The van der Waals surface area contributed by atoms with Gasteiger partial charge in [-0.1, -0.05) is 18.2 Å². The van der Waals surface area contributed by atoms with E-state index in [0.717, 1.165) is 31.2 Å². The summed E-state index contributed by atoms with van der Waals surface area (Å²) in [5.41, 5.74) is 10.5. The summed E-state index contributed by atoms with van der Waals surface area (Å²) in [7, 11) is 3.19. The van der Waals surface area contributed by atoms with Gasteiger partial charge < -0.3 is 25.1 Å². The second kappa shape index (κ2) is 8.63. The normalized spacial score (nSPS) is 15.2. The summed E-state index contributed by atoms with van der Waals surface area (Å²) in [6.45, 7) is 3.31. The van der Waals surface area contributed by atoms with Gasteiger partial charge in [0.2, 0.25) is 0 Å². The third-order valence-corrected chi connectivity index (χ3v) is 6.31. The average Bonchev–Trinajstić information content (AvgIpc) is 3.32. The van der Waals surface area contributed by atoms with Crippen LogP contribution in [0, 0.1) is 0 Å². The van der Waals surface area contributed by atoms with Gasteiger partial charge in [-0.25, -0.2) is 0 Å². The number of carbonyl (C=O) groups excluding carboxylic acids is 1. The second-order valence-electron chi connectivity index (χ2n) is 8.71. The largest absolute Gasteiger partial charge is 0.493 e. The maximum absolute atomic E-state index is 12.9. The molecular formula is C25H31N3O3. The lowest BCUT2D eigenvalue weighted by molar-refractivity contribution is 0.0766. The second-order valence-corrected chi connectivity index (χ2v) is 8.71. The molecule has 6 heteroatoms. The zero-order valence-electron chi connectivity index (χ0n) is 18.5. The average molecular weight is 422 g/mol. The van der Waals surface area contributed by atoms with Gasteiger partial charge in [0.15, 0.2) is 11.5 Å². The monoisotopic (exact) mass is 421 g/mol. The van der Waals surface area contributed by atoms with Crippen LogP contribution in [-0.4, -0.2) is 42.1 Å². The smallest absolute Gasteiger partial charge is 0.254 e. The Hall–Kier alpha value is -2.99. The first kappa shape index (κ1) is 21.2. The highest BCUT2D eigenvalue weighted by Crippen LogP contribution is 2.35. The van der Waals surface area contributed by atoms with Crippen LogP contribution in [0.15, 0.2) is 42.6 Å². The lowest BCUT2D eigenvalue weighted by Crippen LogP contribution is -2.40. The number of benzene rings is 2. The molecule has 6 nitrogen and oxygen atoms in total. The molecule has 1 aliphatic heterocycles. The minimum atomic E-state index is -0.323. The van der Waals surface area contributed by atoms with Gasteiger partial charge in [0, 0.05) is 41.3 Å². The van der Waals surface area contributed by atoms with E-state index in [1.54, 1.807) is 20.3 Å². The fourth-order valence-corrected chi connectivity index (χ4v) is 4.42. The molecule has 0 bridgehead atoms. The Morgan fingerprint density at radius 3 is 2.65 bits per heavy atom. The first-order chi connectivity index (χ1) is 14.9. The van der Waals surface area contributed by atoms with Crippen molar-refractivity contribution in [3.63, 3.8) is 0 Å². The van der Waals surface area contributed by atoms with Crippen LogP contribution < -0.4 is 15.2 Å². The van der Waals surface area contributed by atoms with Crippen LogP contribution >= 0.6 is 0 Å². The molecule has 1 aromatic heterocycles. The predicted molar refractivity (Wildman–Crippen MR) is 123 cm³/mol. The zero-order valence-corrected chi connectivity index (χ0v) is 18.5. The molecule has 3 aromatic rings. The summed E-state index contributed by atoms with van der Waals surface area (Å²) < 4.78 is 10.7. The van der Waals surface area contributed by atoms with Gasteiger partial charge in [0.1, 0.15) is 0 Å². The van der Waals surface area contributed by atoms with Crippen LogP contribution in [0.2, 0.25) is 0 Å². The predicted octanol–water partition coefficient (Wildman–Crippen LogP) is 4.27. The molecule has 0 aliphatic carbocycles. The molecule has 1 aliphatic rings. The molecule has 0 saturated heterocycles. The highest BCUT2D eigenvalue weighted by molar-refractivity contribution is 5.99. The standard InChI is InChI=1S/C25H31N3O3/c1-25(26,10-6-7-17-15-27-21-9-5-4-8-19(17)21)11-12-28-16-18-13-22(30-2)23(31-3)14-20(18)24(28)29/h4-5,8-9,13-15,27H,6-7,10-12,16,26H2,1-3H3. The fraction of sp³-hybridized carbons (Fsp3) is 0.400. The van der Waals surface area contributed by atoms with E-state index < -0.39 is 0 Å². The van der Waals surface area contributed by atoms with Crippen LogP contribution in [-0.2, 0) is 13.0 Å². The van der Waals surface area contributed by atoms with E-state index in [4.69, 9.17) is 15.2 Å². The lowest BCUT2D eigenvalue weighted by Gasteiger charge is -2.27. The van der Waals surface area contributed by atoms with Gasteiger partial charge in [-0.3, -0.25) is 4.79 Å². The molecule has 164 valence electrons. The number of aromatic amines is 1. The van der Waals surface area contributed by atoms with Crippen LogP contribution in [0.1, 0.15) is 47.7 Å². The van der Waals surface area contributed by atoms with Crippen molar-refractivity contribution < 1.29 is 14.3 Å². The molecule has 2 heterocycles. The topological polar surface area (TPSA) is 80.6 Å². The SMILES string of the molecule is COc1cc2c(cc1OC)C(=O)N(CCC(C)(N)CCCc1c[nH]c3ccccc13)C2. The van der Waals surface area contributed by atoms with Gasteiger partial charge in [-0.05, 0) is 61.9 Å². The van der Waals surface area contributed by atoms with Crippen molar-refractivity contribution in [1.82, 2.24) is 9.88 Å². The highest BCUT2D eigenvalue weighted by Gasteiger charge is 2.30. The number of nitrogens with zero attached hydrogens (tertiary/aromatic N) is 1. The van der Waals surface area contributed by atoms with Gasteiger partial charge in [0.05, 0.1) is 14.2 Å². The molecular weight excluding hydrogens is 390 g/mol. The summed E-state index contributed by atoms with van der Waals surface area (Å²) in [6.07, 6.45) is 5.76. The quantitative estimate of drug-likeness (QED) is 0.541. The Kier molecular flexibility index (Phi) is 5.92. The van der Waals surface area contributed by atoms with Crippen LogP contribution in [0.5, 0.6) is 11.5 Å². The summed E-state index contributed by atoms with van der Waals surface area (Å²) in [5.74, 6) is 1.26. The number of H-pyrrole nitrogens is 1. The van der Waals surface area contributed by atoms with E-state index in [2.05, 4.69) is 36.3 Å². The van der Waals surface area contributed by atoms with Crippen molar-refractivity contribution in [3.8, 4) is 11.5 Å². The van der Waals surface area contributed by atoms with Crippen molar-refractivity contribution in [2.24, 2.45) is 5.73 Å². The molecule has 0 saturated carbocycles. The Labute approximate surface area is 183 Å². The number of rotatable bonds is 9. The van der Waals surface area contributed by atoms with Crippen molar-refractivity contribution in [2.75, 3.05) is 20.8 Å². The van der Waals surface area contributed by atoms with Gasteiger partial charge in [-0.15, -0.1) is 0 Å². The van der Waals surface area contributed by atoms with Crippen LogP contribution in [0.4, 0.5) is 0 Å². The Morgan fingerprint density at radius 2 is 1.87 bits per heavy atom. The molecule has 3 N–H and O–H groups in total. The third kappa shape index (κ3) is 4.39. The van der Waals surface area contributed by atoms with E-state index in [-0.39, 0.29) is 11.4 Å². The molecule has 31 heavy (non-hydrogen) atoms. The van der Waals surface area contributed by atoms with Gasteiger partial charge >= 0.3 is 0 Å². The van der Waals surface area contributed by atoms with E-state index in [0.29, 0.717) is 30.2 Å². The van der Waals surface area contributed by atoms with E-state index in [9.17, 15) is 4.79 Å². The van der Waals surface area contributed by atoms with Gasteiger partial charge in [-0.2, -0.15) is 0 Å². The summed E-state index contributed by atoms with van der Waals surface area (Å²) in [4.78, 5) is 18.1. The van der Waals surface area contributed by atoms with Crippen molar-refractivity contribution in [2.45, 2.75) is 44.7 Å². The minimum absolute atomic E-state index is 0.0329. The maximum atomic E-state index is 12.9. The fourth-order valence-electron chi connectivity index (χ4n) is 4.42. The van der Waals surface area contributed by atoms with Crippen molar-refractivity contribution in [1.29, 1.82) is 0 Å². The molecule has 1 amide bonds. The zero-order chi connectivity index (χ0) is 22.0. The molecule has 0 radical (unpaired) electrons. The first-order valence-electron chi connectivity index (χ1n) is 10.8. The van der Waals surface area contributed by atoms with Gasteiger partial charge in [0.25, 0.3) is 5.91 Å². The molecule has 0 spiro atoms. The number of hydrogen-bond donors (Lipinski definition) is 2. The number of carbonyl (C=O) groups is 1. The number of nitrogens with two attached hydrogens (primary N) is 1. The molecule has 4 rings (SSSR count). The number of para-hydroxylation sites is 1. The number of amides is 1. The number of methoxy groups -OCH3 is 2. The van der Waals surface area contributed by atoms with Crippen LogP contribution in [0.3, 0.4) is 0 Å². The third-order valence-electron chi connectivity index (χ3n) is 6.31. The van der Waals surface area contributed by atoms with E-state index >= 15 is 0 Å². The minimum Gasteiger partial charge on any atom is -0.493 e. The van der Waals surface area contributed by atoms with E-state index in [1.165, 1.54) is 16.5 Å². The Balaban J connectivity index is 1.32. The summed E-state index contributed by atoms with van der Waals surface area (Å²) in [5, 5.41) is 1.28. The number of fused-ring (bicyclic) bond motifs is 2. The van der Waals surface area contributed by atoms with Crippen molar-refractivity contribution >= 4 is 16.8 Å². The number of aryl methyl sites for hydroxylation is 1. The number of ether oxygens (including phenoxy) is 2. The summed E-state index contributed by atoms with van der Waals surface area (Å²) >= 11 is 0. The number of nitrogens with one attached hydrogen (secondary N) is 1. The molecule has 2 aromatic carbocycles. The lowest BCUT2D eigenvalue weighted by atomic mass is 9.91. The van der Waals surface area contributed by atoms with E-state index in [1.807, 2.05) is 17.0 Å². The van der Waals surface area contributed by atoms with Crippen molar-refractivity contribution in [3.05, 3.63) is 59.3 Å². The highest BCUT2D eigenvalue weighted by atomic mass is 16.5. The van der Waals surface area contributed by atoms with Crippen LogP contribution in [0.25, 0.3) is 10.9 Å². The first-order valence-corrected chi connectivity index (χ1v) is 10.8. The molecule has 1 unspecified atom stereocenters.